The van der Waals surface area contributed by atoms with Crippen molar-refractivity contribution in [3.63, 3.8) is 0 Å². The summed E-state index contributed by atoms with van der Waals surface area (Å²) in [5.41, 5.74) is 3.87. The lowest BCUT2D eigenvalue weighted by Gasteiger charge is -2.39. The molecule has 0 saturated carbocycles. The molecule has 1 atom stereocenters. The number of nitrogens with zero attached hydrogens (tertiary/aromatic N) is 3. The van der Waals surface area contributed by atoms with Crippen LogP contribution in [-0.2, 0) is 32.0 Å². The Bertz CT molecular complexity index is 1100. The molecule has 1 heterocycles. The highest BCUT2D eigenvalue weighted by molar-refractivity contribution is 6.27. The Morgan fingerprint density at radius 3 is 1.93 bits per heavy atom. The molecule has 224 valence electrons. The van der Waals surface area contributed by atoms with Crippen LogP contribution in [0.25, 0.3) is 0 Å². The van der Waals surface area contributed by atoms with Crippen molar-refractivity contribution in [1.82, 2.24) is 9.80 Å². The number of carboxylic acid groups (broad SMARTS) is 4. The maximum absolute atomic E-state index is 10.1. The van der Waals surface area contributed by atoms with Crippen molar-refractivity contribution in [3.8, 4) is 5.75 Å². The van der Waals surface area contributed by atoms with E-state index in [-0.39, 0.29) is 0 Å². The summed E-state index contributed by atoms with van der Waals surface area (Å²) in [6, 6.07) is 17.4. The maximum atomic E-state index is 10.1. The molecule has 4 rings (SSSR count). The van der Waals surface area contributed by atoms with Gasteiger partial charge in [0.05, 0.1) is 0 Å². The van der Waals surface area contributed by atoms with Gasteiger partial charge in [-0.1, -0.05) is 37.3 Å². The number of fused-ring (bicyclic) bond motifs is 1. The van der Waals surface area contributed by atoms with Gasteiger partial charge in [0, 0.05) is 51.0 Å². The summed E-state index contributed by atoms with van der Waals surface area (Å²) in [6.07, 6.45) is 4.44. The number of carboxylic acids is 4. The van der Waals surface area contributed by atoms with Crippen molar-refractivity contribution in [3.05, 3.63) is 59.7 Å². The van der Waals surface area contributed by atoms with Gasteiger partial charge < -0.3 is 30.4 Å². The summed E-state index contributed by atoms with van der Waals surface area (Å²) in [6.45, 7) is 10.3. The number of hydrogen-bond acceptors (Lipinski definition) is 8. The van der Waals surface area contributed by atoms with Gasteiger partial charge in [-0.05, 0) is 61.6 Å². The number of phenolic OH excluding ortho intramolecular Hbond substituents is 1. The molecular weight excluding hydrogens is 534 g/mol. The first-order chi connectivity index (χ1) is 19.5. The van der Waals surface area contributed by atoms with Gasteiger partial charge >= 0.3 is 23.9 Å². The first-order valence-corrected chi connectivity index (χ1v) is 13.5. The van der Waals surface area contributed by atoms with Crippen LogP contribution in [0.15, 0.2) is 48.5 Å². The molecule has 2 aromatic carbocycles. The van der Waals surface area contributed by atoms with Crippen LogP contribution in [0.2, 0.25) is 0 Å². The Morgan fingerprint density at radius 1 is 0.805 bits per heavy atom. The number of benzene rings is 2. The van der Waals surface area contributed by atoms with Crippen LogP contribution in [0.5, 0.6) is 5.75 Å². The molecule has 41 heavy (non-hydrogen) atoms. The highest BCUT2D eigenvalue weighted by Gasteiger charge is 2.26. The third-order valence-corrected chi connectivity index (χ3v) is 7.02. The molecule has 1 fully saturated rings. The standard InChI is InChI=1S/C25H35N3O.2C2H2O4/c1-2-13-27(23-11-12-24-21(20-23)7-6-10-25(24)29)17-14-26-15-18-28(19-16-26)22-8-4-3-5-9-22;2*3-1(4)2(5)6/h3-10,23,29H,2,11-20H2,1H3;2*(H,3,4)(H,5,6)/t23-;;/m0../s1. The molecule has 0 aromatic heterocycles. The molecule has 0 amide bonds. The van der Waals surface area contributed by atoms with Crippen LogP contribution in [0.3, 0.4) is 0 Å². The monoisotopic (exact) mass is 573 g/mol. The van der Waals surface area contributed by atoms with Gasteiger partial charge in [-0.3, -0.25) is 9.80 Å². The molecule has 5 N–H and O–H groups in total. The molecule has 1 saturated heterocycles. The Hall–Kier alpha value is -4.16. The van der Waals surface area contributed by atoms with Crippen molar-refractivity contribution in [1.29, 1.82) is 0 Å². The molecule has 12 heteroatoms. The van der Waals surface area contributed by atoms with Crippen molar-refractivity contribution in [2.75, 3.05) is 50.7 Å². The van der Waals surface area contributed by atoms with Crippen LogP contribution < -0.4 is 4.90 Å². The minimum Gasteiger partial charge on any atom is -0.508 e. The number of aliphatic carboxylic acids is 4. The summed E-state index contributed by atoms with van der Waals surface area (Å²) in [5, 5.41) is 39.7. The number of aromatic hydroxyl groups is 1. The zero-order valence-corrected chi connectivity index (χ0v) is 23.2. The van der Waals surface area contributed by atoms with Gasteiger partial charge in [0.15, 0.2) is 0 Å². The molecule has 12 nitrogen and oxygen atoms in total. The Morgan fingerprint density at radius 2 is 1.39 bits per heavy atom. The maximum Gasteiger partial charge on any atom is 0.414 e. The predicted molar refractivity (Wildman–Crippen MR) is 151 cm³/mol. The number of para-hydroxylation sites is 1. The first kappa shape index (κ1) is 33.0. The lowest BCUT2D eigenvalue weighted by atomic mass is 9.87. The summed E-state index contributed by atoms with van der Waals surface area (Å²) in [7, 11) is 0. The fraction of sp³-hybridized carbons (Fsp3) is 0.448. The van der Waals surface area contributed by atoms with Crippen LogP contribution in [0.4, 0.5) is 5.69 Å². The van der Waals surface area contributed by atoms with Crippen molar-refractivity contribution >= 4 is 29.6 Å². The minimum atomic E-state index is -1.82. The largest absolute Gasteiger partial charge is 0.508 e. The van der Waals surface area contributed by atoms with E-state index in [4.69, 9.17) is 39.6 Å². The van der Waals surface area contributed by atoms with Crippen molar-refractivity contribution in [2.24, 2.45) is 0 Å². The van der Waals surface area contributed by atoms with E-state index in [1.165, 1.54) is 29.8 Å². The highest BCUT2D eigenvalue weighted by Crippen LogP contribution is 2.30. The third kappa shape index (κ3) is 11.1. The summed E-state index contributed by atoms with van der Waals surface area (Å²) in [4.78, 5) is 44.2. The second-order valence-electron chi connectivity index (χ2n) is 9.73. The molecule has 0 bridgehead atoms. The predicted octanol–water partition coefficient (Wildman–Crippen LogP) is 2.09. The number of hydrogen-bond donors (Lipinski definition) is 5. The van der Waals surface area contributed by atoms with Crippen molar-refractivity contribution in [2.45, 2.75) is 38.6 Å². The van der Waals surface area contributed by atoms with Crippen LogP contribution in [0, 0.1) is 0 Å². The SMILES string of the molecule is CCCN(CCN1CCN(c2ccccc2)CC1)[C@H]1CCc2c(O)cccc2C1.O=C(O)C(=O)O.O=C(O)C(=O)O. The quantitative estimate of drug-likeness (QED) is 0.305. The van der Waals surface area contributed by atoms with Crippen LogP contribution >= 0.6 is 0 Å². The van der Waals surface area contributed by atoms with Gasteiger partial charge in [0.1, 0.15) is 5.75 Å². The summed E-state index contributed by atoms with van der Waals surface area (Å²) >= 11 is 0. The topological polar surface area (TPSA) is 179 Å². The summed E-state index contributed by atoms with van der Waals surface area (Å²) in [5.74, 6) is -6.81. The molecule has 1 aliphatic heterocycles. The van der Waals surface area contributed by atoms with E-state index >= 15 is 0 Å². The molecule has 0 unspecified atom stereocenters. The Balaban J connectivity index is 0.000000413. The normalized spacial score (nSPS) is 16.3. The molecule has 0 radical (unpaired) electrons. The number of anilines is 1. The van der Waals surface area contributed by atoms with Crippen LogP contribution in [-0.4, -0.2) is 111 Å². The number of carbonyl (C=O) groups is 4. The fourth-order valence-electron chi connectivity index (χ4n) is 4.98. The fourth-order valence-corrected chi connectivity index (χ4v) is 4.98. The second kappa shape index (κ2) is 16.8. The zero-order valence-electron chi connectivity index (χ0n) is 23.2. The summed E-state index contributed by atoms with van der Waals surface area (Å²) < 4.78 is 0. The lowest BCUT2D eigenvalue weighted by molar-refractivity contribution is -0.159. The third-order valence-electron chi connectivity index (χ3n) is 7.02. The first-order valence-electron chi connectivity index (χ1n) is 13.5. The van der Waals surface area contributed by atoms with Gasteiger partial charge in [0.2, 0.25) is 0 Å². The smallest absolute Gasteiger partial charge is 0.414 e. The number of piperazine rings is 1. The second-order valence-corrected chi connectivity index (χ2v) is 9.73. The van der Waals surface area contributed by atoms with Crippen molar-refractivity contribution < 1.29 is 44.7 Å². The Kier molecular flexibility index (Phi) is 13.6. The molecular formula is C29H39N3O9. The Labute approximate surface area is 239 Å². The number of phenols is 1. The van der Waals surface area contributed by atoms with E-state index in [9.17, 15) is 5.11 Å². The van der Waals surface area contributed by atoms with E-state index in [0.717, 1.165) is 58.5 Å². The van der Waals surface area contributed by atoms with E-state index in [1.807, 2.05) is 12.1 Å². The lowest BCUT2D eigenvalue weighted by Crippen LogP contribution is -2.50. The molecule has 0 spiro atoms. The van der Waals surface area contributed by atoms with Gasteiger partial charge in [-0.25, -0.2) is 19.2 Å². The van der Waals surface area contributed by atoms with E-state index in [1.54, 1.807) is 0 Å². The molecule has 2 aliphatic rings. The highest BCUT2D eigenvalue weighted by atomic mass is 16.4. The minimum absolute atomic E-state index is 0.485. The average Bonchev–Trinajstić information content (AvgIpc) is 2.96. The van der Waals surface area contributed by atoms with E-state index in [0.29, 0.717) is 11.8 Å². The number of rotatable bonds is 7. The molecule has 2 aromatic rings. The van der Waals surface area contributed by atoms with Gasteiger partial charge in [0.25, 0.3) is 0 Å². The van der Waals surface area contributed by atoms with Gasteiger partial charge in [-0.15, -0.1) is 0 Å². The molecule has 1 aliphatic carbocycles. The average molecular weight is 574 g/mol. The van der Waals surface area contributed by atoms with E-state index < -0.39 is 23.9 Å². The zero-order chi connectivity index (χ0) is 30.4. The van der Waals surface area contributed by atoms with Gasteiger partial charge in [-0.2, -0.15) is 0 Å². The van der Waals surface area contributed by atoms with Crippen LogP contribution in [0.1, 0.15) is 30.9 Å². The van der Waals surface area contributed by atoms with E-state index in [2.05, 4.69) is 58.0 Å².